The second-order valence-electron chi connectivity index (χ2n) is 10.9. The second-order valence-corrected chi connectivity index (χ2v) is 10.9. The van der Waals surface area contributed by atoms with E-state index in [0.717, 1.165) is 13.1 Å². The molecule has 2 heteroatoms. The van der Waals surface area contributed by atoms with E-state index in [2.05, 4.69) is 108 Å². The van der Waals surface area contributed by atoms with Gasteiger partial charge in [-0.2, -0.15) is 0 Å². The molecule has 6 rings (SSSR count). The Morgan fingerprint density at radius 1 is 0.421 bits per heavy atom. The van der Waals surface area contributed by atoms with E-state index in [1.165, 1.54) is 106 Å². The summed E-state index contributed by atoms with van der Waals surface area (Å²) in [4.78, 5) is 0. The highest BCUT2D eigenvalue weighted by atomic mass is 15.0. The summed E-state index contributed by atoms with van der Waals surface area (Å²) in [6.07, 6.45) is 10.3. The lowest BCUT2D eigenvalue weighted by Crippen LogP contribution is -1.97. The summed E-state index contributed by atoms with van der Waals surface area (Å²) in [5, 5.41) is 5.47. The van der Waals surface area contributed by atoms with Gasteiger partial charge in [0.05, 0.1) is 0 Å². The Morgan fingerprint density at radius 2 is 0.842 bits per heavy atom. The summed E-state index contributed by atoms with van der Waals surface area (Å²) < 4.78 is 5.08. The van der Waals surface area contributed by atoms with E-state index in [-0.39, 0.29) is 0 Å². The van der Waals surface area contributed by atoms with Gasteiger partial charge >= 0.3 is 0 Å². The molecule has 2 heterocycles. The SMILES string of the molecule is CCCCCCn1c2ccccc2c2cc(-c3ccc4c(c3)c3ccccc3n4CCCCCC)ccc21. The third-order valence-corrected chi connectivity index (χ3v) is 8.35. The molecule has 0 atom stereocenters. The molecule has 0 fully saturated rings. The normalized spacial score (nSPS) is 11.9. The van der Waals surface area contributed by atoms with Crippen LogP contribution in [0.3, 0.4) is 0 Å². The Balaban J connectivity index is 1.42. The zero-order valence-electron chi connectivity index (χ0n) is 23.0. The van der Waals surface area contributed by atoms with Crippen molar-refractivity contribution in [2.45, 2.75) is 78.3 Å². The van der Waals surface area contributed by atoms with Crippen LogP contribution in [0.5, 0.6) is 0 Å². The predicted molar refractivity (Wildman–Crippen MR) is 166 cm³/mol. The van der Waals surface area contributed by atoms with E-state index in [1.807, 2.05) is 0 Å². The maximum atomic E-state index is 2.54. The smallest absolute Gasteiger partial charge is 0.0491 e. The molecule has 2 aromatic heterocycles. The fraction of sp³-hybridized carbons (Fsp3) is 0.333. The number of aromatic nitrogens is 2. The van der Waals surface area contributed by atoms with Crippen LogP contribution in [-0.4, -0.2) is 9.13 Å². The largest absolute Gasteiger partial charge is 0.340 e. The molecule has 6 aromatic rings. The molecule has 0 bridgehead atoms. The van der Waals surface area contributed by atoms with Crippen LogP contribution in [0, 0.1) is 0 Å². The van der Waals surface area contributed by atoms with E-state index < -0.39 is 0 Å². The zero-order valence-corrected chi connectivity index (χ0v) is 23.0. The van der Waals surface area contributed by atoms with Crippen LogP contribution in [0.2, 0.25) is 0 Å². The molecule has 0 saturated carbocycles. The Kier molecular flexibility index (Phi) is 7.22. The first-order chi connectivity index (χ1) is 18.8. The number of benzene rings is 4. The minimum absolute atomic E-state index is 1.09. The topological polar surface area (TPSA) is 9.86 Å². The van der Waals surface area contributed by atoms with E-state index in [1.54, 1.807) is 0 Å². The van der Waals surface area contributed by atoms with Gasteiger partial charge in [-0.3, -0.25) is 0 Å². The van der Waals surface area contributed by atoms with Crippen molar-refractivity contribution in [3.05, 3.63) is 84.9 Å². The van der Waals surface area contributed by atoms with Crippen LogP contribution in [0.25, 0.3) is 54.7 Å². The Labute approximate surface area is 226 Å². The van der Waals surface area contributed by atoms with Gasteiger partial charge in [0.1, 0.15) is 0 Å². The minimum atomic E-state index is 1.09. The van der Waals surface area contributed by atoms with E-state index >= 15 is 0 Å². The number of unbranched alkanes of at least 4 members (excludes halogenated alkanes) is 6. The van der Waals surface area contributed by atoms with Gasteiger partial charge in [-0.05, 0) is 60.4 Å². The lowest BCUT2D eigenvalue weighted by Gasteiger charge is -2.09. The van der Waals surface area contributed by atoms with Gasteiger partial charge in [-0.25, -0.2) is 0 Å². The van der Waals surface area contributed by atoms with Crippen LogP contribution in [0.4, 0.5) is 0 Å². The second kappa shape index (κ2) is 11.1. The van der Waals surface area contributed by atoms with Crippen molar-refractivity contribution < 1.29 is 0 Å². The third kappa shape index (κ3) is 4.51. The van der Waals surface area contributed by atoms with Crippen molar-refractivity contribution in [2.24, 2.45) is 0 Å². The molecule has 0 radical (unpaired) electrons. The number of hydrogen-bond acceptors (Lipinski definition) is 0. The molecule has 38 heavy (non-hydrogen) atoms. The van der Waals surface area contributed by atoms with Crippen molar-refractivity contribution in [2.75, 3.05) is 0 Å². The Hall–Kier alpha value is -3.52. The highest BCUT2D eigenvalue weighted by Gasteiger charge is 2.14. The number of para-hydroxylation sites is 2. The molecule has 2 nitrogen and oxygen atoms in total. The van der Waals surface area contributed by atoms with Gasteiger partial charge in [0.15, 0.2) is 0 Å². The van der Waals surface area contributed by atoms with Gasteiger partial charge in [0.2, 0.25) is 0 Å². The summed E-state index contributed by atoms with van der Waals surface area (Å²) in [5.74, 6) is 0. The van der Waals surface area contributed by atoms with Gasteiger partial charge in [-0.1, -0.05) is 101 Å². The zero-order chi connectivity index (χ0) is 25.9. The summed E-state index contributed by atoms with van der Waals surface area (Å²) in [6, 6.07) is 32.1. The first-order valence-electron chi connectivity index (χ1n) is 14.8. The summed E-state index contributed by atoms with van der Waals surface area (Å²) in [5.41, 5.74) is 8.03. The highest BCUT2D eigenvalue weighted by molar-refractivity contribution is 6.11. The molecule has 0 aliphatic rings. The van der Waals surface area contributed by atoms with Crippen LogP contribution in [0.15, 0.2) is 84.9 Å². The molecule has 0 aliphatic heterocycles. The average molecular weight is 501 g/mol. The van der Waals surface area contributed by atoms with Crippen molar-refractivity contribution in [3.63, 3.8) is 0 Å². The van der Waals surface area contributed by atoms with Gasteiger partial charge in [0, 0.05) is 56.7 Å². The first-order valence-corrected chi connectivity index (χ1v) is 14.8. The van der Waals surface area contributed by atoms with Crippen molar-refractivity contribution in [3.8, 4) is 11.1 Å². The molecular formula is C36H40N2. The molecule has 0 N–H and O–H groups in total. The fourth-order valence-electron chi connectivity index (χ4n) is 6.34. The molecule has 194 valence electrons. The fourth-order valence-corrected chi connectivity index (χ4v) is 6.34. The number of hydrogen-bond donors (Lipinski definition) is 0. The number of fused-ring (bicyclic) bond motifs is 6. The van der Waals surface area contributed by atoms with Gasteiger partial charge < -0.3 is 9.13 Å². The quantitative estimate of drug-likeness (QED) is 0.157. The monoisotopic (exact) mass is 500 g/mol. The first kappa shape index (κ1) is 24.8. The molecule has 4 aromatic carbocycles. The standard InChI is InChI=1S/C36H40N2/c1-3-5-7-13-23-37-33-17-11-9-15-29(33)31-25-27(19-21-35(31)37)28-20-22-36-32(26-28)30-16-10-12-18-34(30)38(36)24-14-8-6-4-2/h9-12,15-22,25-26H,3-8,13-14,23-24H2,1-2H3. The minimum Gasteiger partial charge on any atom is -0.340 e. The number of aryl methyl sites for hydroxylation is 2. The van der Waals surface area contributed by atoms with Gasteiger partial charge in [-0.15, -0.1) is 0 Å². The highest BCUT2D eigenvalue weighted by Crippen LogP contribution is 2.36. The van der Waals surface area contributed by atoms with E-state index in [9.17, 15) is 0 Å². The third-order valence-electron chi connectivity index (χ3n) is 8.35. The number of rotatable bonds is 11. The lowest BCUT2D eigenvalue weighted by molar-refractivity contribution is 0.602. The van der Waals surface area contributed by atoms with Crippen molar-refractivity contribution in [1.29, 1.82) is 0 Å². The maximum absolute atomic E-state index is 2.54. The summed E-state index contributed by atoms with van der Waals surface area (Å²) in [6.45, 7) is 6.75. The van der Waals surface area contributed by atoms with E-state index in [0.29, 0.717) is 0 Å². The van der Waals surface area contributed by atoms with E-state index in [4.69, 9.17) is 0 Å². The average Bonchev–Trinajstić information content (AvgIpc) is 3.45. The molecule has 0 unspecified atom stereocenters. The lowest BCUT2D eigenvalue weighted by atomic mass is 10.0. The van der Waals surface area contributed by atoms with Gasteiger partial charge in [0.25, 0.3) is 0 Å². The molecule has 0 amide bonds. The summed E-state index contributed by atoms with van der Waals surface area (Å²) in [7, 11) is 0. The van der Waals surface area contributed by atoms with Crippen LogP contribution >= 0.6 is 0 Å². The number of nitrogens with zero attached hydrogens (tertiary/aromatic N) is 2. The maximum Gasteiger partial charge on any atom is 0.0491 e. The molecule has 0 saturated heterocycles. The van der Waals surface area contributed by atoms with Crippen LogP contribution in [-0.2, 0) is 13.1 Å². The molecule has 0 aliphatic carbocycles. The van der Waals surface area contributed by atoms with Crippen LogP contribution < -0.4 is 0 Å². The Morgan fingerprint density at radius 3 is 1.29 bits per heavy atom. The van der Waals surface area contributed by atoms with Crippen LogP contribution in [0.1, 0.15) is 65.2 Å². The van der Waals surface area contributed by atoms with Crippen molar-refractivity contribution in [1.82, 2.24) is 9.13 Å². The van der Waals surface area contributed by atoms with Crippen molar-refractivity contribution >= 4 is 43.6 Å². The Bertz CT molecular complexity index is 1570. The molecule has 0 spiro atoms. The molecular weight excluding hydrogens is 460 g/mol. The summed E-state index contributed by atoms with van der Waals surface area (Å²) >= 11 is 0. The predicted octanol–water partition coefficient (Wildman–Crippen LogP) is 10.7.